The molecule has 2 aromatic heterocycles. The molecule has 0 fully saturated rings. The normalized spacial score (nSPS) is 11.2. The maximum absolute atomic E-state index is 13.7. The maximum Gasteiger partial charge on any atom is 0.268 e. The molecule has 8 nitrogen and oxygen atoms in total. The molecule has 0 aliphatic carbocycles. The van der Waals surface area contributed by atoms with Crippen LogP contribution in [0.1, 0.15) is 46.2 Å². The van der Waals surface area contributed by atoms with Crippen LogP contribution in [0.5, 0.6) is 11.5 Å². The summed E-state index contributed by atoms with van der Waals surface area (Å²) in [4.78, 5) is 27.4. The number of aromatic amines is 4. The van der Waals surface area contributed by atoms with E-state index in [1.54, 1.807) is 0 Å². The van der Waals surface area contributed by atoms with Gasteiger partial charge < -0.3 is 9.47 Å². The summed E-state index contributed by atoms with van der Waals surface area (Å²) in [5.41, 5.74) is 6.95. The predicted octanol–water partition coefficient (Wildman–Crippen LogP) is 7.59. The summed E-state index contributed by atoms with van der Waals surface area (Å²) in [7, 11) is 0. The second kappa shape index (κ2) is 12.9. The zero-order valence-corrected chi connectivity index (χ0v) is 26.7. The van der Waals surface area contributed by atoms with E-state index in [4.69, 9.17) is 9.47 Å². The molecule has 0 radical (unpaired) electrons. The lowest BCUT2D eigenvalue weighted by molar-refractivity contribution is 0.269. The monoisotopic (exact) mass is 664 g/mol. The molecule has 6 rings (SSSR count). The molecule has 0 amide bonds. The van der Waals surface area contributed by atoms with Crippen LogP contribution in [-0.4, -0.2) is 27.0 Å². The summed E-state index contributed by atoms with van der Waals surface area (Å²) in [6.45, 7) is 6.68. The van der Waals surface area contributed by atoms with E-state index in [1.807, 2.05) is 112 Å². The number of ether oxygens (including phenoxy) is 2. The number of benzene rings is 4. The SMILES string of the molecule is CCOc1cc(C(c2c(-c3ccc(C)cc3)[nH][nH]c2=O)c2c(-c3ccc(C)cc3)[nH][nH]c2=O)ccc1OCc1ccc(Br)cc1. The largest absolute Gasteiger partial charge is 0.490 e. The Kier molecular flexibility index (Phi) is 8.62. The first-order valence-electron chi connectivity index (χ1n) is 14.7. The van der Waals surface area contributed by atoms with Crippen molar-refractivity contribution in [1.29, 1.82) is 0 Å². The van der Waals surface area contributed by atoms with E-state index in [0.717, 1.165) is 32.3 Å². The second-order valence-corrected chi connectivity index (χ2v) is 11.9. The van der Waals surface area contributed by atoms with Gasteiger partial charge in [-0.3, -0.25) is 30.0 Å². The zero-order chi connectivity index (χ0) is 31.5. The zero-order valence-electron chi connectivity index (χ0n) is 25.2. The highest BCUT2D eigenvalue weighted by Crippen LogP contribution is 2.41. The van der Waals surface area contributed by atoms with Crippen molar-refractivity contribution < 1.29 is 9.47 Å². The molecule has 4 N–H and O–H groups in total. The lowest BCUT2D eigenvalue weighted by atomic mass is 9.83. The van der Waals surface area contributed by atoms with E-state index in [9.17, 15) is 9.59 Å². The Bertz CT molecular complexity index is 1940. The molecule has 0 unspecified atom stereocenters. The lowest BCUT2D eigenvalue weighted by Gasteiger charge is -2.20. The number of aromatic nitrogens is 4. The fourth-order valence-corrected chi connectivity index (χ4v) is 5.76. The van der Waals surface area contributed by atoms with Crippen LogP contribution in [0.25, 0.3) is 22.5 Å². The molecule has 0 bridgehead atoms. The van der Waals surface area contributed by atoms with Gasteiger partial charge in [-0.2, -0.15) is 0 Å². The predicted molar refractivity (Wildman–Crippen MR) is 180 cm³/mol. The molecule has 45 heavy (non-hydrogen) atoms. The number of nitrogens with one attached hydrogen (secondary N) is 4. The Morgan fingerprint density at radius 1 is 0.644 bits per heavy atom. The Morgan fingerprint density at radius 3 is 1.69 bits per heavy atom. The third kappa shape index (κ3) is 6.30. The van der Waals surface area contributed by atoms with Crippen molar-refractivity contribution in [2.75, 3.05) is 6.61 Å². The topological polar surface area (TPSA) is 116 Å². The highest BCUT2D eigenvalue weighted by Gasteiger charge is 2.32. The molecule has 4 aromatic carbocycles. The number of hydrogen-bond acceptors (Lipinski definition) is 4. The van der Waals surface area contributed by atoms with Gasteiger partial charge in [0.15, 0.2) is 11.5 Å². The molecule has 2 heterocycles. The van der Waals surface area contributed by atoms with Gasteiger partial charge in [0.05, 0.1) is 29.1 Å². The van der Waals surface area contributed by atoms with E-state index in [1.165, 1.54) is 0 Å². The van der Waals surface area contributed by atoms with Gasteiger partial charge in [-0.1, -0.05) is 93.8 Å². The van der Waals surface area contributed by atoms with Crippen LogP contribution < -0.4 is 20.6 Å². The van der Waals surface area contributed by atoms with Crippen molar-refractivity contribution in [3.63, 3.8) is 0 Å². The van der Waals surface area contributed by atoms with Crippen LogP contribution in [0.4, 0.5) is 0 Å². The van der Waals surface area contributed by atoms with Gasteiger partial charge in [-0.05, 0) is 67.3 Å². The molecule has 0 aliphatic heterocycles. The fourth-order valence-electron chi connectivity index (χ4n) is 5.49. The average Bonchev–Trinajstić information content (AvgIpc) is 3.61. The summed E-state index contributed by atoms with van der Waals surface area (Å²) >= 11 is 3.47. The molecule has 0 atom stereocenters. The Balaban J connectivity index is 1.52. The Morgan fingerprint density at radius 2 is 1.18 bits per heavy atom. The molecule has 9 heteroatoms. The lowest BCUT2D eigenvalue weighted by Crippen LogP contribution is -2.20. The highest BCUT2D eigenvalue weighted by molar-refractivity contribution is 9.10. The van der Waals surface area contributed by atoms with Crippen LogP contribution in [0.3, 0.4) is 0 Å². The molecule has 6 aromatic rings. The van der Waals surface area contributed by atoms with Gasteiger partial charge in [0.1, 0.15) is 6.61 Å². The van der Waals surface area contributed by atoms with Gasteiger partial charge >= 0.3 is 0 Å². The van der Waals surface area contributed by atoms with Crippen molar-refractivity contribution in [2.45, 2.75) is 33.3 Å². The second-order valence-electron chi connectivity index (χ2n) is 11.0. The molecule has 0 saturated heterocycles. The molecule has 228 valence electrons. The smallest absolute Gasteiger partial charge is 0.268 e. The number of rotatable bonds is 10. The summed E-state index contributed by atoms with van der Waals surface area (Å²) < 4.78 is 13.3. The average molecular weight is 666 g/mol. The first-order chi connectivity index (χ1) is 21.8. The van der Waals surface area contributed by atoms with Gasteiger partial charge in [0, 0.05) is 10.4 Å². The third-order valence-corrected chi connectivity index (χ3v) is 8.33. The third-order valence-electron chi connectivity index (χ3n) is 7.80. The fraction of sp³-hybridized carbons (Fsp3) is 0.167. The van der Waals surface area contributed by atoms with Gasteiger partial charge in [-0.25, -0.2) is 0 Å². The van der Waals surface area contributed by atoms with Crippen LogP contribution in [0.15, 0.2) is 105 Å². The quantitative estimate of drug-likeness (QED) is 0.121. The van der Waals surface area contributed by atoms with Crippen molar-refractivity contribution >= 4 is 15.9 Å². The molecule has 0 saturated carbocycles. The number of aryl methyl sites for hydroxylation is 2. The summed E-state index contributed by atoms with van der Waals surface area (Å²) in [6, 6.07) is 29.3. The highest BCUT2D eigenvalue weighted by atomic mass is 79.9. The summed E-state index contributed by atoms with van der Waals surface area (Å²) in [5, 5.41) is 11.7. The summed E-state index contributed by atoms with van der Waals surface area (Å²) in [6.07, 6.45) is 0. The first-order valence-corrected chi connectivity index (χ1v) is 15.5. The van der Waals surface area contributed by atoms with Gasteiger partial charge in [0.25, 0.3) is 11.1 Å². The molecular weight excluding hydrogens is 632 g/mol. The van der Waals surface area contributed by atoms with Crippen molar-refractivity contribution in [3.8, 4) is 34.0 Å². The molecule has 0 aliphatic rings. The van der Waals surface area contributed by atoms with Crippen LogP contribution in [0, 0.1) is 13.8 Å². The molecule has 0 spiro atoms. The van der Waals surface area contributed by atoms with Crippen molar-refractivity contribution in [3.05, 3.63) is 150 Å². The van der Waals surface area contributed by atoms with E-state index >= 15 is 0 Å². The Labute approximate surface area is 268 Å². The van der Waals surface area contributed by atoms with Crippen LogP contribution in [0.2, 0.25) is 0 Å². The van der Waals surface area contributed by atoms with Crippen LogP contribution >= 0.6 is 15.9 Å². The minimum absolute atomic E-state index is 0.320. The molecular formula is C36H33BrN4O4. The first kappa shape index (κ1) is 30.0. The van der Waals surface area contributed by atoms with Gasteiger partial charge in [-0.15, -0.1) is 0 Å². The van der Waals surface area contributed by atoms with Crippen molar-refractivity contribution in [1.82, 2.24) is 20.4 Å². The Hall–Kier alpha value is -5.02. The van der Waals surface area contributed by atoms with Crippen LogP contribution in [-0.2, 0) is 6.61 Å². The number of H-pyrrole nitrogens is 4. The van der Waals surface area contributed by atoms with E-state index in [-0.39, 0.29) is 11.1 Å². The maximum atomic E-state index is 13.7. The van der Waals surface area contributed by atoms with E-state index < -0.39 is 5.92 Å². The number of halogens is 1. The van der Waals surface area contributed by atoms with Crippen molar-refractivity contribution in [2.24, 2.45) is 0 Å². The van der Waals surface area contributed by atoms with E-state index in [2.05, 4.69) is 36.3 Å². The van der Waals surface area contributed by atoms with Gasteiger partial charge in [0.2, 0.25) is 0 Å². The van der Waals surface area contributed by atoms with E-state index in [0.29, 0.717) is 52.8 Å². The standard InChI is InChI=1S/C36H33BrN4O4/c1-4-44-29-19-26(15-18-28(29)45-20-23-9-16-27(37)17-10-23)30(31-33(38-40-35(31)42)24-11-5-21(2)6-12-24)32-34(39-41-36(32)43)25-13-7-22(3)8-14-25/h5-19,30H,4,20H2,1-3H3,(H2,38,40,42)(H2,39,41,43). The minimum Gasteiger partial charge on any atom is -0.490 e. The minimum atomic E-state index is -0.762. The summed E-state index contributed by atoms with van der Waals surface area (Å²) in [5.74, 6) is 0.317. The number of hydrogen-bond donors (Lipinski definition) is 4.